The quantitative estimate of drug-likeness (QED) is 0.807. The van der Waals surface area contributed by atoms with Gasteiger partial charge in [-0.2, -0.15) is 0 Å². The molecule has 6 nitrogen and oxygen atoms in total. The van der Waals surface area contributed by atoms with Gasteiger partial charge in [0.25, 0.3) is 11.8 Å². The lowest BCUT2D eigenvalue weighted by atomic mass is 10.3. The molecule has 0 spiro atoms. The Labute approximate surface area is 141 Å². The lowest BCUT2D eigenvalue weighted by molar-refractivity contribution is -0.154. The molecule has 1 N–H and O–H groups in total. The van der Waals surface area contributed by atoms with Crippen LogP contribution in [0.25, 0.3) is 0 Å². The maximum Gasteiger partial charge on any atom is 0.347 e. The van der Waals surface area contributed by atoms with Gasteiger partial charge >= 0.3 is 5.97 Å². The van der Waals surface area contributed by atoms with Crippen LogP contribution in [0, 0.1) is 5.82 Å². The molecule has 0 saturated carbocycles. The van der Waals surface area contributed by atoms with Gasteiger partial charge in [-0.1, -0.05) is 6.07 Å². The molecule has 0 fully saturated rings. The first-order valence-corrected chi connectivity index (χ1v) is 7.80. The van der Waals surface area contributed by atoms with E-state index in [-0.39, 0.29) is 5.75 Å². The van der Waals surface area contributed by atoms with Gasteiger partial charge in [0.2, 0.25) is 0 Å². The fraction of sp³-hybridized carbons (Fsp3) is 0.188. The molecule has 1 heterocycles. The first-order valence-electron chi connectivity index (χ1n) is 6.92. The number of rotatable bonds is 6. The monoisotopic (exact) mass is 351 g/mol. The second-order valence-electron chi connectivity index (χ2n) is 4.68. The lowest BCUT2D eigenvalue weighted by Crippen LogP contribution is -2.35. The number of amides is 2. The number of imide groups is 1. The largest absolute Gasteiger partial charge is 0.479 e. The van der Waals surface area contributed by atoms with Crippen LogP contribution in [-0.4, -0.2) is 30.5 Å². The minimum Gasteiger partial charge on any atom is -0.479 e. The molecule has 0 radical (unpaired) electrons. The highest BCUT2D eigenvalue weighted by Crippen LogP contribution is 2.13. The van der Waals surface area contributed by atoms with Crippen LogP contribution in [0.2, 0.25) is 0 Å². The molecular weight excluding hydrogens is 337 g/mol. The predicted octanol–water partition coefficient (Wildman–Crippen LogP) is 2.15. The van der Waals surface area contributed by atoms with Gasteiger partial charge in [-0.05, 0) is 42.6 Å². The molecule has 126 valence electrons. The Hall–Kier alpha value is -2.74. The first-order chi connectivity index (χ1) is 11.5. The van der Waals surface area contributed by atoms with E-state index in [0.29, 0.717) is 4.88 Å². The molecule has 1 aromatic heterocycles. The predicted molar refractivity (Wildman–Crippen MR) is 84.2 cm³/mol. The van der Waals surface area contributed by atoms with Gasteiger partial charge in [0, 0.05) is 0 Å². The highest BCUT2D eigenvalue weighted by molar-refractivity contribution is 7.12. The third kappa shape index (κ3) is 5.17. The number of carbonyl (C=O) groups is 3. The number of hydrogen-bond acceptors (Lipinski definition) is 6. The normalized spacial score (nSPS) is 11.4. The van der Waals surface area contributed by atoms with E-state index >= 15 is 0 Å². The number of halogens is 1. The van der Waals surface area contributed by atoms with Gasteiger partial charge in [0.15, 0.2) is 12.7 Å². The van der Waals surface area contributed by atoms with Gasteiger partial charge in [0.05, 0.1) is 4.88 Å². The fourth-order valence-electron chi connectivity index (χ4n) is 1.65. The maximum absolute atomic E-state index is 12.8. The zero-order valence-corrected chi connectivity index (χ0v) is 13.5. The van der Waals surface area contributed by atoms with E-state index in [1.165, 1.54) is 42.5 Å². The molecule has 0 aliphatic heterocycles. The topological polar surface area (TPSA) is 81.7 Å². The van der Waals surface area contributed by atoms with E-state index < -0.39 is 36.3 Å². The zero-order valence-electron chi connectivity index (χ0n) is 12.7. The van der Waals surface area contributed by atoms with Gasteiger partial charge in [0.1, 0.15) is 11.6 Å². The van der Waals surface area contributed by atoms with E-state index in [2.05, 4.69) is 5.32 Å². The summed E-state index contributed by atoms with van der Waals surface area (Å²) in [6, 6.07) is 8.36. The summed E-state index contributed by atoms with van der Waals surface area (Å²) in [6.45, 7) is 0.827. The average molecular weight is 351 g/mol. The van der Waals surface area contributed by atoms with Gasteiger partial charge in [-0.15, -0.1) is 11.3 Å². The summed E-state index contributed by atoms with van der Waals surface area (Å²) in [6.07, 6.45) is -0.990. The number of esters is 1. The van der Waals surface area contributed by atoms with Crippen molar-refractivity contribution in [3.63, 3.8) is 0 Å². The van der Waals surface area contributed by atoms with Crippen LogP contribution >= 0.6 is 11.3 Å². The van der Waals surface area contributed by atoms with E-state index in [1.54, 1.807) is 17.5 Å². The van der Waals surface area contributed by atoms with Crippen LogP contribution in [0.5, 0.6) is 5.75 Å². The minimum atomic E-state index is -0.990. The molecule has 0 unspecified atom stereocenters. The second kappa shape index (κ2) is 8.21. The molecule has 0 aliphatic carbocycles. The minimum absolute atomic E-state index is 0.290. The van der Waals surface area contributed by atoms with Crippen molar-refractivity contribution in [1.29, 1.82) is 0 Å². The van der Waals surface area contributed by atoms with Crippen molar-refractivity contribution in [2.75, 3.05) is 6.61 Å². The van der Waals surface area contributed by atoms with Crippen molar-refractivity contribution < 1.29 is 28.2 Å². The molecule has 2 aromatic rings. The Morgan fingerprint density at radius 2 is 1.92 bits per heavy atom. The van der Waals surface area contributed by atoms with Crippen molar-refractivity contribution in [2.45, 2.75) is 13.0 Å². The van der Waals surface area contributed by atoms with Gasteiger partial charge in [-0.3, -0.25) is 14.9 Å². The van der Waals surface area contributed by atoms with E-state index in [4.69, 9.17) is 9.47 Å². The van der Waals surface area contributed by atoms with E-state index in [1.807, 2.05) is 0 Å². The smallest absolute Gasteiger partial charge is 0.347 e. The highest BCUT2D eigenvalue weighted by Gasteiger charge is 2.19. The van der Waals surface area contributed by atoms with Crippen LogP contribution in [0.3, 0.4) is 0 Å². The zero-order chi connectivity index (χ0) is 17.5. The molecule has 1 aromatic carbocycles. The Balaban J connectivity index is 1.76. The van der Waals surface area contributed by atoms with E-state index in [0.717, 1.165) is 0 Å². The van der Waals surface area contributed by atoms with Crippen molar-refractivity contribution in [3.05, 3.63) is 52.5 Å². The standard InChI is InChI=1S/C16H14FNO5S/c1-10(23-12-6-4-11(17)5-7-12)16(21)22-9-14(19)18-15(20)13-3-2-8-24-13/h2-8,10H,9H2,1H3,(H,18,19,20)/t10-/m0/s1. The van der Waals surface area contributed by atoms with Crippen LogP contribution in [0.15, 0.2) is 41.8 Å². The number of ether oxygens (including phenoxy) is 2. The molecule has 0 aliphatic rings. The summed E-state index contributed by atoms with van der Waals surface area (Å²) in [7, 11) is 0. The van der Waals surface area contributed by atoms with Gasteiger partial charge in [-0.25, -0.2) is 9.18 Å². The fourth-order valence-corrected chi connectivity index (χ4v) is 2.27. The van der Waals surface area contributed by atoms with Crippen molar-refractivity contribution >= 4 is 29.1 Å². The van der Waals surface area contributed by atoms with Crippen molar-refractivity contribution in [2.24, 2.45) is 0 Å². The van der Waals surface area contributed by atoms with Crippen LogP contribution in [-0.2, 0) is 14.3 Å². The summed E-state index contributed by atoms with van der Waals surface area (Å²) in [5.74, 6) is -2.21. The van der Waals surface area contributed by atoms with Crippen molar-refractivity contribution in [3.8, 4) is 5.75 Å². The summed E-state index contributed by atoms with van der Waals surface area (Å²) < 4.78 is 22.8. The van der Waals surface area contributed by atoms with Crippen molar-refractivity contribution in [1.82, 2.24) is 5.32 Å². The second-order valence-corrected chi connectivity index (χ2v) is 5.62. The Morgan fingerprint density at radius 1 is 1.21 bits per heavy atom. The SMILES string of the molecule is C[C@H](Oc1ccc(F)cc1)C(=O)OCC(=O)NC(=O)c1cccs1. The average Bonchev–Trinajstić information content (AvgIpc) is 3.09. The Morgan fingerprint density at radius 3 is 2.54 bits per heavy atom. The maximum atomic E-state index is 12.8. The summed E-state index contributed by atoms with van der Waals surface area (Å²) in [5, 5.41) is 3.81. The molecule has 2 rings (SSSR count). The molecule has 8 heteroatoms. The molecule has 1 atom stereocenters. The molecule has 0 bridgehead atoms. The first kappa shape index (κ1) is 17.6. The number of hydrogen-bond donors (Lipinski definition) is 1. The molecular formula is C16H14FNO5S. The summed E-state index contributed by atoms with van der Waals surface area (Å²) >= 11 is 1.19. The number of thiophene rings is 1. The van der Waals surface area contributed by atoms with Gasteiger partial charge < -0.3 is 9.47 Å². The van der Waals surface area contributed by atoms with Crippen LogP contribution in [0.1, 0.15) is 16.6 Å². The lowest BCUT2D eigenvalue weighted by Gasteiger charge is -2.13. The molecule has 24 heavy (non-hydrogen) atoms. The Bertz CT molecular complexity index is 715. The van der Waals surface area contributed by atoms with Crippen LogP contribution < -0.4 is 10.1 Å². The Kier molecular flexibility index (Phi) is 6.02. The number of nitrogens with one attached hydrogen (secondary N) is 1. The number of carbonyl (C=O) groups excluding carboxylic acids is 3. The third-order valence-corrected chi connectivity index (χ3v) is 3.67. The highest BCUT2D eigenvalue weighted by atomic mass is 32.1. The van der Waals surface area contributed by atoms with Crippen LogP contribution in [0.4, 0.5) is 4.39 Å². The molecule has 0 saturated heterocycles. The van der Waals surface area contributed by atoms with E-state index in [9.17, 15) is 18.8 Å². The summed E-state index contributed by atoms with van der Waals surface area (Å²) in [5.41, 5.74) is 0. The summed E-state index contributed by atoms with van der Waals surface area (Å²) in [4.78, 5) is 35.4. The molecule has 2 amide bonds. The number of benzene rings is 1. The third-order valence-electron chi connectivity index (χ3n) is 2.80.